The van der Waals surface area contributed by atoms with E-state index in [2.05, 4.69) is 29.4 Å². The van der Waals surface area contributed by atoms with Crippen LogP contribution in [0.2, 0.25) is 0 Å². The van der Waals surface area contributed by atoms with Crippen molar-refractivity contribution >= 4 is 17.3 Å². The van der Waals surface area contributed by atoms with Crippen LogP contribution in [-0.2, 0) is 0 Å². The van der Waals surface area contributed by atoms with Gasteiger partial charge in [-0.15, -0.1) is 0 Å². The summed E-state index contributed by atoms with van der Waals surface area (Å²) >= 11 is 4.93. The third-order valence-electron chi connectivity index (χ3n) is 2.10. The second kappa shape index (κ2) is 3.88. The summed E-state index contributed by atoms with van der Waals surface area (Å²) in [5.41, 5.74) is 0. The first kappa shape index (κ1) is 8.74. The molecule has 0 aliphatic carbocycles. The lowest BCUT2D eigenvalue weighted by atomic mass is 10.2. The summed E-state index contributed by atoms with van der Waals surface area (Å²) in [6.07, 6.45) is 1.18. The van der Waals surface area contributed by atoms with Crippen molar-refractivity contribution < 1.29 is 0 Å². The van der Waals surface area contributed by atoms with Gasteiger partial charge in [0.15, 0.2) is 5.11 Å². The molecule has 0 bridgehead atoms. The first-order valence-corrected chi connectivity index (χ1v) is 4.40. The highest BCUT2D eigenvalue weighted by molar-refractivity contribution is 7.80. The summed E-state index contributed by atoms with van der Waals surface area (Å²) in [5, 5.41) is 6.96. The van der Waals surface area contributed by atoms with Crippen molar-refractivity contribution in [1.82, 2.24) is 15.5 Å². The molecule has 1 atom stereocenters. The topological polar surface area (TPSA) is 27.3 Å². The molecule has 1 rings (SSSR count). The number of rotatable bonds is 2. The van der Waals surface area contributed by atoms with Crippen LogP contribution < -0.4 is 10.6 Å². The second-order valence-electron chi connectivity index (χ2n) is 2.84. The molecule has 1 unspecified atom stereocenters. The van der Waals surface area contributed by atoms with Crippen molar-refractivity contribution in [3.63, 3.8) is 0 Å². The fraction of sp³-hybridized carbons (Fsp3) is 0.857. The van der Waals surface area contributed by atoms with Gasteiger partial charge in [-0.1, -0.05) is 6.92 Å². The molecule has 0 aromatic carbocycles. The van der Waals surface area contributed by atoms with Gasteiger partial charge in [-0.2, -0.15) is 0 Å². The van der Waals surface area contributed by atoms with Crippen molar-refractivity contribution in [1.29, 1.82) is 0 Å². The highest BCUT2D eigenvalue weighted by Crippen LogP contribution is 2.01. The van der Waals surface area contributed by atoms with Gasteiger partial charge >= 0.3 is 0 Å². The van der Waals surface area contributed by atoms with E-state index in [-0.39, 0.29) is 0 Å². The molecular weight excluding hydrogens is 158 g/mol. The molecule has 1 fully saturated rings. The molecule has 4 heteroatoms. The number of nitrogens with one attached hydrogen (secondary N) is 2. The van der Waals surface area contributed by atoms with E-state index in [4.69, 9.17) is 12.2 Å². The van der Waals surface area contributed by atoms with E-state index < -0.39 is 0 Å². The summed E-state index contributed by atoms with van der Waals surface area (Å²) in [6, 6.07) is 0.623. The van der Waals surface area contributed by atoms with Crippen LogP contribution in [0.1, 0.15) is 20.3 Å². The zero-order valence-electron chi connectivity index (χ0n) is 7.05. The minimum atomic E-state index is 0.623. The van der Waals surface area contributed by atoms with Gasteiger partial charge in [0.25, 0.3) is 0 Å². The van der Waals surface area contributed by atoms with Gasteiger partial charge in [0.05, 0.1) is 13.3 Å². The lowest BCUT2D eigenvalue weighted by Crippen LogP contribution is -2.56. The molecule has 1 heterocycles. The highest BCUT2D eigenvalue weighted by atomic mass is 32.1. The third kappa shape index (κ3) is 2.31. The van der Waals surface area contributed by atoms with E-state index >= 15 is 0 Å². The molecule has 1 aliphatic heterocycles. The summed E-state index contributed by atoms with van der Waals surface area (Å²) in [6.45, 7) is 6.16. The third-order valence-corrected chi connectivity index (χ3v) is 2.39. The minimum absolute atomic E-state index is 0.623. The fourth-order valence-corrected chi connectivity index (χ4v) is 1.16. The zero-order chi connectivity index (χ0) is 8.27. The molecule has 1 aliphatic rings. The Kier molecular flexibility index (Phi) is 3.08. The molecule has 0 aromatic heterocycles. The number of thiocarbonyl (C=S) groups is 1. The first-order chi connectivity index (χ1) is 5.24. The van der Waals surface area contributed by atoms with Crippen LogP contribution >= 0.6 is 12.2 Å². The lowest BCUT2D eigenvalue weighted by molar-refractivity contribution is 0.181. The Morgan fingerprint density at radius 3 is 2.55 bits per heavy atom. The Morgan fingerprint density at radius 1 is 1.55 bits per heavy atom. The van der Waals surface area contributed by atoms with Gasteiger partial charge in [-0.3, -0.25) is 4.90 Å². The Morgan fingerprint density at radius 2 is 2.09 bits per heavy atom. The van der Waals surface area contributed by atoms with Gasteiger partial charge in [-0.05, 0) is 25.6 Å². The molecule has 0 amide bonds. The van der Waals surface area contributed by atoms with Gasteiger partial charge in [0.2, 0.25) is 0 Å². The minimum Gasteiger partial charge on any atom is -0.350 e. The molecule has 0 saturated carbocycles. The van der Waals surface area contributed by atoms with E-state index in [0.29, 0.717) is 6.04 Å². The van der Waals surface area contributed by atoms with E-state index in [1.54, 1.807) is 0 Å². The van der Waals surface area contributed by atoms with E-state index in [1.165, 1.54) is 6.42 Å². The second-order valence-corrected chi connectivity index (χ2v) is 3.25. The van der Waals surface area contributed by atoms with Crippen LogP contribution in [0, 0.1) is 0 Å². The van der Waals surface area contributed by atoms with Crippen LogP contribution in [0.5, 0.6) is 0 Å². The zero-order valence-corrected chi connectivity index (χ0v) is 7.87. The van der Waals surface area contributed by atoms with Crippen LogP contribution in [-0.4, -0.2) is 29.4 Å². The van der Waals surface area contributed by atoms with Crippen molar-refractivity contribution in [2.24, 2.45) is 0 Å². The molecule has 3 nitrogen and oxygen atoms in total. The van der Waals surface area contributed by atoms with E-state index in [1.807, 2.05) is 0 Å². The van der Waals surface area contributed by atoms with Crippen LogP contribution in [0.25, 0.3) is 0 Å². The predicted molar refractivity (Wildman–Crippen MR) is 50.2 cm³/mol. The average molecular weight is 173 g/mol. The average Bonchev–Trinajstić information content (AvgIpc) is 2.05. The summed E-state index contributed by atoms with van der Waals surface area (Å²) in [5.74, 6) is 0. The van der Waals surface area contributed by atoms with Gasteiger partial charge < -0.3 is 10.6 Å². The molecule has 1 saturated heterocycles. The molecule has 11 heavy (non-hydrogen) atoms. The summed E-state index contributed by atoms with van der Waals surface area (Å²) in [4.78, 5) is 2.32. The number of nitrogens with zero attached hydrogens (tertiary/aromatic N) is 1. The van der Waals surface area contributed by atoms with Crippen molar-refractivity contribution in [3.05, 3.63) is 0 Å². The van der Waals surface area contributed by atoms with Crippen molar-refractivity contribution in [2.45, 2.75) is 26.3 Å². The molecular formula is C7H15N3S. The highest BCUT2D eigenvalue weighted by Gasteiger charge is 2.15. The Bertz CT molecular complexity index is 139. The van der Waals surface area contributed by atoms with Gasteiger partial charge in [0.1, 0.15) is 0 Å². The van der Waals surface area contributed by atoms with Crippen LogP contribution in [0.3, 0.4) is 0 Å². The normalized spacial score (nSPS) is 22.2. The maximum absolute atomic E-state index is 4.93. The quantitative estimate of drug-likeness (QED) is 0.594. The molecule has 2 N–H and O–H groups in total. The molecule has 64 valence electrons. The molecule has 0 spiro atoms. The maximum Gasteiger partial charge on any atom is 0.168 e. The van der Waals surface area contributed by atoms with Crippen LogP contribution in [0.4, 0.5) is 0 Å². The largest absolute Gasteiger partial charge is 0.350 e. The van der Waals surface area contributed by atoms with E-state index in [0.717, 1.165) is 18.4 Å². The summed E-state index contributed by atoms with van der Waals surface area (Å²) < 4.78 is 0. The standard InChI is InChI=1S/C7H15N3S/c1-3-6(2)10-4-8-7(11)9-5-10/h6H,3-5H2,1-2H3,(H2,8,9,11). The van der Waals surface area contributed by atoms with Gasteiger partial charge in [0, 0.05) is 6.04 Å². The molecule has 0 aromatic rings. The Balaban J connectivity index is 2.32. The monoisotopic (exact) mass is 173 g/mol. The van der Waals surface area contributed by atoms with Crippen molar-refractivity contribution in [3.8, 4) is 0 Å². The van der Waals surface area contributed by atoms with Gasteiger partial charge in [-0.25, -0.2) is 0 Å². The Labute approximate surface area is 73.1 Å². The predicted octanol–water partition coefficient (Wildman–Crippen LogP) is 0.480. The van der Waals surface area contributed by atoms with Crippen LogP contribution in [0.15, 0.2) is 0 Å². The SMILES string of the molecule is CCC(C)N1CNC(=S)NC1. The van der Waals surface area contributed by atoms with E-state index in [9.17, 15) is 0 Å². The lowest BCUT2D eigenvalue weighted by Gasteiger charge is -2.33. The number of hydrogen-bond donors (Lipinski definition) is 2. The summed E-state index contributed by atoms with van der Waals surface area (Å²) in [7, 11) is 0. The smallest absolute Gasteiger partial charge is 0.168 e. The first-order valence-electron chi connectivity index (χ1n) is 3.99. The maximum atomic E-state index is 4.93. The van der Waals surface area contributed by atoms with Crippen molar-refractivity contribution in [2.75, 3.05) is 13.3 Å². The molecule has 0 radical (unpaired) electrons. The Hall–Kier alpha value is -0.350. The number of hydrogen-bond acceptors (Lipinski definition) is 2. The fourth-order valence-electron chi connectivity index (χ4n) is 1.03.